The van der Waals surface area contributed by atoms with E-state index in [1.54, 1.807) is 0 Å². The van der Waals surface area contributed by atoms with Gasteiger partial charge in [-0.05, 0) is 69.1 Å². The molecule has 21 heavy (non-hydrogen) atoms. The van der Waals surface area contributed by atoms with Crippen LogP contribution in [0, 0.1) is 23.7 Å². The number of hydrogen-bond acceptors (Lipinski definition) is 2. The number of amides is 1. The van der Waals surface area contributed by atoms with E-state index in [2.05, 4.69) is 37.9 Å². The van der Waals surface area contributed by atoms with Gasteiger partial charge in [0.2, 0.25) is 5.91 Å². The third-order valence-electron chi connectivity index (χ3n) is 5.86. The molecule has 3 heteroatoms. The Kier molecular flexibility index (Phi) is 4.06. The molecular formula is C18H32N2O. The van der Waals surface area contributed by atoms with E-state index in [1.165, 1.54) is 25.7 Å². The monoisotopic (exact) mass is 292 g/mol. The zero-order valence-corrected chi connectivity index (χ0v) is 14.2. The zero-order chi connectivity index (χ0) is 15.2. The van der Waals surface area contributed by atoms with Gasteiger partial charge in [-0.25, -0.2) is 0 Å². The van der Waals surface area contributed by atoms with Gasteiger partial charge in [0, 0.05) is 6.54 Å². The van der Waals surface area contributed by atoms with Crippen molar-refractivity contribution in [2.45, 2.75) is 77.9 Å². The Labute approximate surface area is 129 Å². The molecule has 120 valence electrons. The Bertz CT molecular complexity index is 388. The summed E-state index contributed by atoms with van der Waals surface area (Å²) < 4.78 is 0. The topological polar surface area (TPSA) is 32.3 Å². The van der Waals surface area contributed by atoms with Gasteiger partial charge in [-0.15, -0.1) is 0 Å². The van der Waals surface area contributed by atoms with Gasteiger partial charge in [-0.3, -0.25) is 10.1 Å². The summed E-state index contributed by atoms with van der Waals surface area (Å²) in [5.74, 6) is 3.58. The summed E-state index contributed by atoms with van der Waals surface area (Å²) in [5.41, 5.74) is -0.336. The standard InChI is InChI=1S/C18H32N2O/c1-5-18(4)17(21)20(16(19-18)10-12(2)3)11-15(13-6-7-13)14-8-9-14/h12-16,19H,5-11H2,1-4H3. The fraction of sp³-hybridized carbons (Fsp3) is 0.944. The predicted octanol–water partition coefficient (Wildman–Crippen LogP) is 3.40. The lowest BCUT2D eigenvalue weighted by Crippen LogP contribution is -2.44. The van der Waals surface area contributed by atoms with E-state index >= 15 is 0 Å². The van der Waals surface area contributed by atoms with Crippen molar-refractivity contribution in [3.8, 4) is 0 Å². The molecule has 1 heterocycles. The maximum Gasteiger partial charge on any atom is 0.243 e. The van der Waals surface area contributed by atoms with Crippen LogP contribution < -0.4 is 5.32 Å². The highest BCUT2D eigenvalue weighted by molar-refractivity contribution is 5.88. The van der Waals surface area contributed by atoms with Crippen LogP contribution in [0.2, 0.25) is 0 Å². The van der Waals surface area contributed by atoms with Gasteiger partial charge in [0.05, 0.1) is 11.7 Å². The minimum absolute atomic E-state index is 0.252. The first-order chi connectivity index (χ1) is 9.94. The molecule has 3 fully saturated rings. The first kappa shape index (κ1) is 15.3. The molecule has 0 aromatic heterocycles. The highest BCUT2D eigenvalue weighted by Gasteiger charge is 2.50. The van der Waals surface area contributed by atoms with Crippen molar-refractivity contribution < 1.29 is 4.79 Å². The first-order valence-corrected chi connectivity index (χ1v) is 9.03. The van der Waals surface area contributed by atoms with Crippen LogP contribution in [0.3, 0.4) is 0 Å². The van der Waals surface area contributed by atoms with Gasteiger partial charge in [0.15, 0.2) is 0 Å². The van der Waals surface area contributed by atoms with Crippen LogP contribution in [0.4, 0.5) is 0 Å². The molecule has 3 nitrogen and oxygen atoms in total. The van der Waals surface area contributed by atoms with E-state index < -0.39 is 0 Å². The largest absolute Gasteiger partial charge is 0.325 e. The Hall–Kier alpha value is -0.570. The molecule has 3 rings (SSSR count). The second kappa shape index (κ2) is 5.57. The second-order valence-corrected chi connectivity index (χ2v) is 8.27. The number of nitrogens with one attached hydrogen (secondary N) is 1. The molecule has 2 atom stereocenters. The molecule has 0 bridgehead atoms. The van der Waals surface area contributed by atoms with Crippen LogP contribution in [0.15, 0.2) is 0 Å². The molecule has 1 aliphatic heterocycles. The number of hydrogen-bond donors (Lipinski definition) is 1. The minimum Gasteiger partial charge on any atom is -0.325 e. The van der Waals surface area contributed by atoms with Crippen LogP contribution in [-0.4, -0.2) is 29.1 Å². The van der Waals surface area contributed by atoms with E-state index in [9.17, 15) is 4.79 Å². The van der Waals surface area contributed by atoms with Crippen LogP contribution in [-0.2, 0) is 4.79 Å². The summed E-state index contributed by atoms with van der Waals surface area (Å²) in [5, 5.41) is 3.65. The lowest BCUT2D eigenvalue weighted by molar-refractivity contribution is -0.133. The summed E-state index contributed by atoms with van der Waals surface area (Å²) in [7, 11) is 0. The van der Waals surface area contributed by atoms with Gasteiger partial charge in [0.1, 0.15) is 0 Å². The number of rotatable bonds is 7. The quantitative estimate of drug-likeness (QED) is 0.780. The molecule has 1 saturated heterocycles. The zero-order valence-electron chi connectivity index (χ0n) is 14.2. The van der Waals surface area contributed by atoms with Crippen LogP contribution in [0.1, 0.15) is 66.2 Å². The maximum atomic E-state index is 12.9. The molecule has 2 aliphatic carbocycles. The van der Waals surface area contributed by atoms with Crippen molar-refractivity contribution in [3.05, 3.63) is 0 Å². The Balaban J connectivity index is 1.73. The fourth-order valence-electron chi connectivity index (χ4n) is 4.02. The van der Waals surface area contributed by atoms with Crippen molar-refractivity contribution >= 4 is 5.91 Å². The average molecular weight is 292 g/mol. The fourth-order valence-corrected chi connectivity index (χ4v) is 4.02. The predicted molar refractivity (Wildman–Crippen MR) is 85.7 cm³/mol. The average Bonchev–Trinajstić information content (AvgIpc) is 3.30. The number of carbonyl (C=O) groups excluding carboxylic acids is 1. The van der Waals surface area contributed by atoms with E-state index in [1.807, 2.05) is 0 Å². The first-order valence-electron chi connectivity index (χ1n) is 9.03. The summed E-state index contributed by atoms with van der Waals surface area (Å²) >= 11 is 0. The molecule has 0 spiro atoms. The summed E-state index contributed by atoms with van der Waals surface area (Å²) in [6.07, 6.45) is 7.81. The smallest absolute Gasteiger partial charge is 0.243 e. The van der Waals surface area contributed by atoms with Gasteiger partial charge in [-0.2, -0.15) is 0 Å². The molecule has 2 saturated carbocycles. The normalized spacial score (nSPS) is 33.5. The van der Waals surface area contributed by atoms with Gasteiger partial charge in [-0.1, -0.05) is 20.8 Å². The number of nitrogens with zero attached hydrogens (tertiary/aromatic N) is 1. The highest BCUT2D eigenvalue weighted by atomic mass is 16.2. The number of carbonyl (C=O) groups is 1. The molecule has 1 amide bonds. The van der Waals surface area contributed by atoms with Gasteiger partial charge >= 0.3 is 0 Å². The van der Waals surface area contributed by atoms with Crippen molar-refractivity contribution in [3.63, 3.8) is 0 Å². The summed E-state index contributed by atoms with van der Waals surface area (Å²) in [4.78, 5) is 15.1. The van der Waals surface area contributed by atoms with Gasteiger partial charge in [0.25, 0.3) is 0 Å². The molecular weight excluding hydrogens is 260 g/mol. The summed E-state index contributed by atoms with van der Waals surface area (Å²) in [6, 6.07) is 0. The minimum atomic E-state index is -0.336. The molecule has 0 aromatic rings. The van der Waals surface area contributed by atoms with Crippen LogP contribution in [0.25, 0.3) is 0 Å². The van der Waals surface area contributed by atoms with Crippen molar-refractivity contribution in [2.24, 2.45) is 23.7 Å². The molecule has 0 aromatic carbocycles. The van der Waals surface area contributed by atoms with Crippen molar-refractivity contribution in [2.75, 3.05) is 6.54 Å². The van der Waals surface area contributed by atoms with E-state index in [0.717, 1.165) is 37.1 Å². The lowest BCUT2D eigenvalue weighted by atomic mass is 9.95. The maximum absolute atomic E-state index is 12.9. The van der Waals surface area contributed by atoms with Crippen molar-refractivity contribution in [1.29, 1.82) is 0 Å². The highest BCUT2D eigenvalue weighted by Crippen LogP contribution is 2.50. The molecule has 3 aliphatic rings. The van der Waals surface area contributed by atoms with Gasteiger partial charge < -0.3 is 4.90 Å². The molecule has 1 N–H and O–H groups in total. The third kappa shape index (κ3) is 3.13. The Morgan fingerprint density at radius 3 is 2.24 bits per heavy atom. The second-order valence-electron chi connectivity index (χ2n) is 8.27. The van der Waals surface area contributed by atoms with Crippen LogP contribution in [0.5, 0.6) is 0 Å². The summed E-state index contributed by atoms with van der Waals surface area (Å²) in [6.45, 7) is 9.73. The van der Waals surface area contributed by atoms with E-state index in [-0.39, 0.29) is 11.7 Å². The van der Waals surface area contributed by atoms with Crippen LogP contribution >= 0.6 is 0 Å². The van der Waals surface area contributed by atoms with E-state index in [0.29, 0.717) is 11.8 Å². The Morgan fingerprint density at radius 1 is 1.24 bits per heavy atom. The SMILES string of the molecule is CCC1(C)NC(CC(C)C)N(CC(C2CC2)C2CC2)C1=O. The Morgan fingerprint density at radius 2 is 1.81 bits per heavy atom. The molecule has 0 radical (unpaired) electrons. The van der Waals surface area contributed by atoms with Crippen molar-refractivity contribution in [1.82, 2.24) is 10.2 Å². The third-order valence-corrected chi connectivity index (χ3v) is 5.86. The van der Waals surface area contributed by atoms with E-state index in [4.69, 9.17) is 0 Å². The molecule has 2 unspecified atom stereocenters. The lowest BCUT2D eigenvalue weighted by Gasteiger charge is -2.30.